The standard InChI is InChI=1S/C10H14ClN3O/c11-9-4-5-10(14-13-9)12-7-2-1-3-8(15)6-7/h4-5,7-8,15H,1-3,6H2,(H,12,14)/t7-,8-/m1/s1. The molecule has 2 rings (SSSR count). The van der Waals surface area contributed by atoms with Crippen molar-refractivity contribution in [2.24, 2.45) is 0 Å². The Morgan fingerprint density at radius 1 is 1.33 bits per heavy atom. The van der Waals surface area contributed by atoms with Crippen molar-refractivity contribution < 1.29 is 5.11 Å². The maximum absolute atomic E-state index is 9.50. The maximum atomic E-state index is 9.50. The van der Waals surface area contributed by atoms with Gasteiger partial charge in [-0.05, 0) is 37.8 Å². The number of halogens is 1. The average Bonchev–Trinajstić information content (AvgIpc) is 2.22. The number of aromatic nitrogens is 2. The van der Waals surface area contributed by atoms with Gasteiger partial charge in [-0.15, -0.1) is 10.2 Å². The van der Waals surface area contributed by atoms with Gasteiger partial charge < -0.3 is 10.4 Å². The van der Waals surface area contributed by atoms with Crippen LogP contribution in [0.15, 0.2) is 12.1 Å². The summed E-state index contributed by atoms with van der Waals surface area (Å²) >= 11 is 5.64. The van der Waals surface area contributed by atoms with Crippen LogP contribution in [-0.2, 0) is 0 Å². The largest absolute Gasteiger partial charge is 0.393 e. The van der Waals surface area contributed by atoms with E-state index in [0.29, 0.717) is 11.2 Å². The lowest BCUT2D eigenvalue weighted by atomic mass is 9.93. The third-order valence-corrected chi connectivity index (χ3v) is 2.83. The molecule has 0 bridgehead atoms. The van der Waals surface area contributed by atoms with Gasteiger partial charge in [0.05, 0.1) is 6.10 Å². The van der Waals surface area contributed by atoms with Crippen LogP contribution in [-0.4, -0.2) is 27.4 Å². The highest BCUT2D eigenvalue weighted by Crippen LogP contribution is 2.21. The number of anilines is 1. The molecule has 1 aromatic rings. The fourth-order valence-electron chi connectivity index (χ4n) is 1.90. The SMILES string of the molecule is O[C@@H]1CCC[C@@H](Nc2ccc(Cl)nn2)C1. The Kier molecular flexibility index (Phi) is 3.38. The molecular weight excluding hydrogens is 214 g/mol. The van der Waals surface area contributed by atoms with E-state index < -0.39 is 0 Å². The molecule has 1 aromatic heterocycles. The minimum atomic E-state index is -0.184. The van der Waals surface area contributed by atoms with E-state index in [-0.39, 0.29) is 6.10 Å². The van der Waals surface area contributed by atoms with Gasteiger partial charge in [0, 0.05) is 6.04 Å². The van der Waals surface area contributed by atoms with Gasteiger partial charge in [-0.25, -0.2) is 0 Å². The number of aliphatic hydroxyl groups excluding tert-OH is 1. The summed E-state index contributed by atoms with van der Waals surface area (Å²) in [6, 6.07) is 3.80. The number of nitrogens with zero attached hydrogens (tertiary/aromatic N) is 2. The summed E-state index contributed by atoms with van der Waals surface area (Å²) in [4.78, 5) is 0. The van der Waals surface area contributed by atoms with Crippen LogP contribution in [0.4, 0.5) is 5.82 Å². The van der Waals surface area contributed by atoms with Crippen molar-refractivity contribution >= 4 is 17.4 Å². The van der Waals surface area contributed by atoms with Gasteiger partial charge >= 0.3 is 0 Å². The second-order valence-electron chi connectivity index (χ2n) is 3.90. The Labute approximate surface area is 93.7 Å². The number of nitrogens with one attached hydrogen (secondary N) is 1. The second kappa shape index (κ2) is 4.77. The quantitative estimate of drug-likeness (QED) is 0.810. The minimum absolute atomic E-state index is 0.184. The highest BCUT2D eigenvalue weighted by atomic mass is 35.5. The van der Waals surface area contributed by atoms with E-state index in [1.54, 1.807) is 12.1 Å². The molecule has 2 N–H and O–H groups in total. The summed E-state index contributed by atoms with van der Waals surface area (Å²) in [7, 11) is 0. The Hall–Kier alpha value is -0.870. The van der Waals surface area contributed by atoms with Crippen molar-refractivity contribution in [3.63, 3.8) is 0 Å². The molecule has 0 unspecified atom stereocenters. The normalized spacial score (nSPS) is 26.3. The summed E-state index contributed by atoms with van der Waals surface area (Å²) in [5, 5.41) is 20.8. The van der Waals surface area contributed by atoms with E-state index in [0.717, 1.165) is 31.5 Å². The van der Waals surface area contributed by atoms with Crippen molar-refractivity contribution in [1.82, 2.24) is 10.2 Å². The van der Waals surface area contributed by atoms with Gasteiger partial charge in [-0.2, -0.15) is 0 Å². The zero-order valence-electron chi connectivity index (χ0n) is 8.36. The molecular formula is C10H14ClN3O. The zero-order chi connectivity index (χ0) is 10.7. The van der Waals surface area contributed by atoms with E-state index in [9.17, 15) is 5.11 Å². The number of aliphatic hydroxyl groups is 1. The number of hydrogen-bond acceptors (Lipinski definition) is 4. The van der Waals surface area contributed by atoms with E-state index >= 15 is 0 Å². The third-order valence-electron chi connectivity index (χ3n) is 2.63. The molecule has 4 nitrogen and oxygen atoms in total. The van der Waals surface area contributed by atoms with Gasteiger partial charge in [0.2, 0.25) is 0 Å². The van der Waals surface area contributed by atoms with Gasteiger partial charge in [-0.3, -0.25) is 0 Å². The smallest absolute Gasteiger partial charge is 0.151 e. The Balaban J connectivity index is 1.93. The molecule has 0 aromatic carbocycles. The van der Waals surface area contributed by atoms with Crippen LogP contribution in [0.3, 0.4) is 0 Å². The molecule has 1 aliphatic rings. The van der Waals surface area contributed by atoms with Crippen molar-refractivity contribution in [2.75, 3.05) is 5.32 Å². The molecule has 1 saturated carbocycles. The monoisotopic (exact) mass is 227 g/mol. The zero-order valence-corrected chi connectivity index (χ0v) is 9.11. The highest BCUT2D eigenvalue weighted by Gasteiger charge is 2.20. The van der Waals surface area contributed by atoms with Crippen molar-refractivity contribution in [3.05, 3.63) is 17.3 Å². The van der Waals surface area contributed by atoms with Crippen LogP contribution in [0.1, 0.15) is 25.7 Å². The first-order valence-electron chi connectivity index (χ1n) is 5.18. The van der Waals surface area contributed by atoms with Gasteiger partial charge in [0.15, 0.2) is 5.15 Å². The van der Waals surface area contributed by atoms with E-state index in [4.69, 9.17) is 11.6 Å². The topological polar surface area (TPSA) is 58.0 Å². The molecule has 0 saturated heterocycles. The average molecular weight is 228 g/mol. The molecule has 1 fully saturated rings. The molecule has 82 valence electrons. The van der Waals surface area contributed by atoms with Crippen molar-refractivity contribution in [3.8, 4) is 0 Å². The summed E-state index contributed by atoms with van der Waals surface area (Å²) in [5.74, 6) is 0.721. The van der Waals surface area contributed by atoms with Crippen LogP contribution >= 0.6 is 11.6 Å². The molecule has 2 atom stereocenters. The lowest BCUT2D eigenvalue weighted by molar-refractivity contribution is 0.124. The highest BCUT2D eigenvalue weighted by molar-refractivity contribution is 6.29. The molecule has 1 heterocycles. The van der Waals surface area contributed by atoms with Crippen LogP contribution in [0, 0.1) is 0 Å². The summed E-state index contributed by atoms with van der Waals surface area (Å²) in [6.07, 6.45) is 3.63. The lowest BCUT2D eigenvalue weighted by Gasteiger charge is -2.26. The first-order valence-corrected chi connectivity index (χ1v) is 5.55. The van der Waals surface area contributed by atoms with E-state index in [2.05, 4.69) is 15.5 Å². The van der Waals surface area contributed by atoms with Crippen LogP contribution in [0.2, 0.25) is 5.15 Å². The first-order chi connectivity index (χ1) is 7.24. The Bertz CT molecular complexity index is 317. The maximum Gasteiger partial charge on any atom is 0.151 e. The lowest BCUT2D eigenvalue weighted by Crippen LogP contribution is -2.30. The van der Waals surface area contributed by atoms with Gasteiger partial charge in [0.1, 0.15) is 5.82 Å². The fourth-order valence-corrected chi connectivity index (χ4v) is 2.00. The van der Waals surface area contributed by atoms with Crippen molar-refractivity contribution in [1.29, 1.82) is 0 Å². The Morgan fingerprint density at radius 2 is 2.20 bits per heavy atom. The van der Waals surface area contributed by atoms with Gasteiger partial charge in [0.25, 0.3) is 0 Å². The van der Waals surface area contributed by atoms with E-state index in [1.165, 1.54) is 0 Å². The molecule has 0 spiro atoms. The molecule has 0 aliphatic heterocycles. The predicted molar refractivity (Wildman–Crippen MR) is 58.9 cm³/mol. The van der Waals surface area contributed by atoms with Crippen LogP contribution < -0.4 is 5.32 Å². The van der Waals surface area contributed by atoms with Crippen LogP contribution in [0.5, 0.6) is 0 Å². The molecule has 0 amide bonds. The van der Waals surface area contributed by atoms with E-state index in [1.807, 2.05) is 0 Å². The fraction of sp³-hybridized carbons (Fsp3) is 0.600. The molecule has 1 aliphatic carbocycles. The summed E-state index contributed by atoms with van der Waals surface area (Å²) < 4.78 is 0. The first kappa shape index (κ1) is 10.6. The van der Waals surface area contributed by atoms with Crippen LogP contribution in [0.25, 0.3) is 0 Å². The summed E-state index contributed by atoms with van der Waals surface area (Å²) in [6.45, 7) is 0. The minimum Gasteiger partial charge on any atom is -0.393 e. The molecule has 15 heavy (non-hydrogen) atoms. The predicted octanol–water partition coefficient (Wildman–Crippen LogP) is 1.85. The molecule has 5 heteroatoms. The summed E-state index contributed by atoms with van der Waals surface area (Å²) in [5.41, 5.74) is 0. The van der Waals surface area contributed by atoms with Gasteiger partial charge in [-0.1, -0.05) is 11.6 Å². The third kappa shape index (κ3) is 3.04. The molecule has 0 radical (unpaired) electrons. The Morgan fingerprint density at radius 3 is 2.87 bits per heavy atom. The van der Waals surface area contributed by atoms with Crippen molar-refractivity contribution in [2.45, 2.75) is 37.8 Å². The number of hydrogen-bond donors (Lipinski definition) is 2. The number of rotatable bonds is 2. The second-order valence-corrected chi connectivity index (χ2v) is 4.29.